The molecule has 0 aliphatic carbocycles. The molecular weight excluding hydrogens is 301 g/mol. The van der Waals surface area contributed by atoms with Crippen LogP contribution < -0.4 is 5.32 Å². The van der Waals surface area contributed by atoms with Crippen molar-refractivity contribution in [2.24, 2.45) is 0 Å². The smallest absolute Gasteiger partial charge is 0.0664 e. The molecule has 0 aliphatic heterocycles. The summed E-state index contributed by atoms with van der Waals surface area (Å²) in [6.07, 6.45) is 0.282. The van der Waals surface area contributed by atoms with E-state index >= 15 is 0 Å². The van der Waals surface area contributed by atoms with Crippen LogP contribution in [0, 0.1) is 3.57 Å². The zero-order chi connectivity index (χ0) is 11.3. The normalized spacial score (nSPS) is 13.1. The van der Waals surface area contributed by atoms with Crippen LogP contribution in [0.25, 0.3) is 0 Å². The summed E-state index contributed by atoms with van der Waals surface area (Å²) in [5.41, 5.74) is 1.28. The zero-order valence-electron chi connectivity index (χ0n) is 9.46. The molecule has 0 saturated heterocycles. The first-order valence-corrected chi connectivity index (χ1v) is 6.25. The second kappa shape index (κ2) is 6.45. The van der Waals surface area contributed by atoms with Crippen molar-refractivity contribution < 1.29 is 4.74 Å². The van der Waals surface area contributed by atoms with Crippen molar-refractivity contribution in [3.8, 4) is 0 Å². The Morgan fingerprint density at radius 3 is 2.33 bits per heavy atom. The molecule has 0 bridgehead atoms. The lowest BCUT2D eigenvalue weighted by Gasteiger charge is -2.18. The molecule has 1 aromatic rings. The van der Waals surface area contributed by atoms with Gasteiger partial charge in [0.05, 0.1) is 18.8 Å². The van der Waals surface area contributed by atoms with E-state index < -0.39 is 0 Å². The van der Waals surface area contributed by atoms with Gasteiger partial charge in [-0.25, -0.2) is 0 Å². The number of likely N-dealkylation sites (N-methyl/N-ethyl adjacent to an activating group) is 1. The summed E-state index contributed by atoms with van der Waals surface area (Å²) in [4.78, 5) is 0. The maximum Gasteiger partial charge on any atom is 0.0664 e. The second-order valence-electron chi connectivity index (χ2n) is 3.77. The first kappa shape index (κ1) is 12.9. The quantitative estimate of drug-likeness (QED) is 0.843. The van der Waals surface area contributed by atoms with Crippen LogP contribution in [0.4, 0.5) is 0 Å². The van der Waals surface area contributed by atoms with Gasteiger partial charge in [0, 0.05) is 3.57 Å². The van der Waals surface area contributed by atoms with Gasteiger partial charge in [-0.1, -0.05) is 12.1 Å². The highest BCUT2D eigenvalue weighted by molar-refractivity contribution is 14.1. The molecule has 15 heavy (non-hydrogen) atoms. The van der Waals surface area contributed by atoms with Crippen LogP contribution in [-0.2, 0) is 4.74 Å². The van der Waals surface area contributed by atoms with Crippen LogP contribution >= 0.6 is 22.6 Å². The highest BCUT2D eigenvalue weighted by atomic mass is 127. The van der Waals surface area contributed by atoms with Crippen molar-refractivity contribution in [1.82, 2.24) is 5.32 Å². The van der Waals surface area contributed by atoms with Crippen LogP contribution in [0.1, 0.15) is 25.5 Å². The molecule has 0 saturated carbocycles. The van der Waals surface area contributed by atoms with Crippen molar-refractivity contribution in [3.63, 3.8) is 0 Å². The monoisotopic (exact) mass is 319 g/mol. The molecule has 0 aromatic heterocycles. The topological polar surface area (TPSA) is 21.3 Å². The van der Waals surface area contributed by atoms with E-state index in [1.165, 1.54) is 9.13 Å². The third kappa shape index (κ3) is 4.49. The summed E-state index contributed by atoms with van der Waals surface area (Å²) in [6.45, 7) is 4.83. The van der Waals surface area contributed by atoms with Crippen LogP contribution in [0.15, 0.2) is 24.3 Å². The number of nitrogens with one attached hydrogen (secondary N) is 1. The van der Waals surface area contributed by atoms with Gasteiger partial charge in [-0.3, -0.25) is 0 Å². The number of rotatable bonds is 5. The fraction of sp³-hybridized carbons (Fsp3) is 0.500. The van der Waals surface area contributed by atoms with E-state index in [0.29, 0.717) is 0 Å². The Kier molecular flexibility index (Phi) is 5.56. The Morgan fingerprint density at radius 1 is 1.27 bits per heavy atom. The maximum absolute atomic E-state index is 5.62. The Hall–Kier alpha value is -0.130. The third-order valence-corrected chi connectivity index (χ3v) is 2.94. The van der Waals surface area contributed by atoms with Crippen molar-refractivity contribution >= 4 is 22.6 Å². The molecule has 0 fully saturated rings. The first-order valence-electron chi connectivity index (χ1n) is 5.18. The van der Waals surface area contributed by atoms with Gasteiger partial charge in [-0.15, -0.1) is 0 Å². The van der Waals surface area contributed by atoms with Gasteiger partial charge in [-0.2, -0.15) is 0 Å². The minimum absolute atomic E-state index is 0.282. The van der Waals surface area contributed by atoms with E-state index in [1.54, 1.807) is 0 Å². The lowest BCUT2D eigenvalue weighted by molar-refractivity contribution is 0.0626. The standard InChI is InChI=1S/C12H18INO/c1-9(2)15-8-12(14-3)10-4-6-11(13)7-5-10/h4-7,9,12,14H,8H2,1-3H3. The van der Waals surface area contributed by atoms with E-state index in [-0.39, 0.29) is 12.1 Å². The molecule has 1 atom stereocenters. The summed E-state index contributed by atoms with van der Waals surface area (Å²) >= 11 is 2.31. The molecule has 0 spiro atoms. The lowest BCUT2D eigenvalue weighted by atomic mass is 10.1. The zero-order valence-corrected chi connectivity index (χ0v) is 11.6. The second-order valence-corrected chi connectivity index (χ2v) is 5.02. The van der Waals surface area contributed by atoms with Gasteiger partial charge in [0.25, 0.3) is 0 Å². The first-order chi connectivity index (χ1) is 7.13. The van der Waals surface area contributed by atoms with Gasteiger partial charge in [0.2, 0.25) is 0 Å². The van der Waals surface area contributed by atoms with Crippen molar-refractivity contribution in [3.05, 3.63) is 33.4 Å². The van der Waals surface area contributed by atoms with Gasteiger partial charge in [0.15, 0.2) is 0 Å². The van der Waals surface area contributed by atoms with Crippen LogP contribution in [0.3, 0.4) is 0 Å². The summed E-state index contributed by atoms with van der Waals surface area (Å²) in [6, 6.07) is 8.81. The SMILES string of the molecule is CNC(COC(C)C)c1ccc(I)cc1. The molecule has 1 aromatic carbocycles. The van der Waals surface area contributed by atoms with E-state index in [9.17, 15) is 0 Å². The van der Waals surface area contributed by atoms with Gasteiger partial charge in [-0.05, 0) is 61.2 Å². The predicted octanol–water partition coefficient (Wildman–Crippen LogP) is 2.98. The third-order valence-electron chi connectivity index (χ3n) is 2.22. The number of hydrogen-bond donors (Lipinski definition) is 1. The maximum atomic E-state index is 5.62. The van der Waals surface area contributed by atoms with Crippen molar-refractivity contribution in [1.29, 1.82) is 0 Å². The Balaban J connectivity index is 2.61. The summed E-state index contributed by atoms with van der Waals surface area (Å²) in [7, 11) is 1.96. The molecule has 0 heterocycles. The van der Waals surface area contributed by atoms with Crippen LogP contribution in [-0.4, -0.2) is 19.8 Å². The molecule has 1 rings (SSSR count). The highest BCUT2D eigenvalue weighted by Crippen LogP contribution is 2.15. The lowest BCUT2D eigenvalue weighted by Crippen LogP contribution is -2.23. The van der Waals surface area contributed by atoms with Gasteiger partial charge < -0.3 is 10.1 Å². The molecule has 0 radical (unpaired) electrons. The fourth-order valence-corrected chi connectivity index (χ4v) is 1.69. The number of hydrogen-bond acceptors (Lipinski definition) is 2. The van der Waals surface area contributed by atoms with Gasteiger partial charge in [0.1, 0.15) is 0 Å². The Bertz CT molecular complexity index is 284. The number of halogens is 1. The minimum atomic E-state index is 0.282. The van der Waals surface area contributed by atoms with E-state index in [2.05, 4.69) is 66.0 Å². The number of benzene rings is 1. The number of ether oxygens (including phenoxy) is 1. The average Bonchev–Trinajstić information content (AvgIpc) is 2.21. The summed E-state index contributed by atoms with van der Waals surface area (Å²) in [5.74, 6) is 0. The molecule has 0 amide bonds. The predicted molar refractivity (Wildman–Crippen MR) is 72.0 cm³/mol. The van der Waals surface area contributed by atoms with E-state index in [1.807, 2.05) is 7.05 Å². The largest absolute Gasteiger partial charge is 0.377 e. The molecule has 84 valence electrons. The van der Waals surface area contributed by atoms with Crippen molar-refractivity contribution in [2.45, 2.75) is 26.0 Å². The van der Waals surface area contributed by atoms with E-state index in [4.69, 9.17) is 4.74 Å². The fourth-order valence-electron chi connectivity index (χ4n) is 1.33. The summed E-state index contributed by atoms with van der Waals surface area (Å²) in [5, 5.41) is 3.27. The average molecular weight is 319 g/mol. The molecule has 0 aliphatic rings. The molecule has 2 nitrogen and oxygen atoms in total. The summed E-state index contributed by atoms with van der Waals surface area (Å²) < 4.78 is 6.88. The van der Waals surface area contributed by atoms with Gasteiger partial charge >= 0.3 is 0 Å². The van der Waals surface area contributed by atoms with E-state index in [0.717, 1.165) is 6.61 Å². The highest BCUT2D eigenvalue weighted by Gasteiger charge is 2.09. The van der Waals surface area contributed by atoms with Crippen molar-refractivity contribution in [2.75, 3.05) is 13.7 Å². The molecule has 3 heteroatoms. The molecular formula is C12H18INO. The van der Waals surface area contributed by atoms with Crippen LogP contribution in [0.5, 0.6) is 0 Å². The molecule has 1 unspecified atom stereocenters. The van der Waals surface area contributed by atoms with Crippen LogP contribution in [0.2, 0.25) is 0 Å². The minimum Gasteiger partial charge on any atom is -0.377 e. The Labute approximate surface area is 106 Å². The Morgan fingerprint density at radius 2 is 1.87 bits per heavy atom. The molecule has 1 N–H and O–H groups in total.